The number of aromatic nitrogens is 1. The van der Waals surface area contributed by atoms with Crippen molar-refractivity contribution in [1.29, 1.82) is 0 Å². The van der Waals surface area contributed by atoms with E-state index >= 15 is 0 Å². The van der Waals surface area contributed by atoms with Gasteiger partial charge in [-0.05, 0) is 12.1 Å². The molecule has 0 saturated carbocycles. The number of rotatable bonds is 3. The number of benzene rings is 1. The molecule has 2 heterocycles. The molecule has 0 spiro atoms. The van der Waals surface area contributed by atoms with Crippen LogP contribution in [0.25, 0.3) is 11.3 Å². The Morgan fingerprint density at radius 3 is 2.37 bits per heavy atom. The topological polar surface area (TPSA) is 95.4 Å². The fourth-order valence-corrected chi connectivity index (χ4v) is 3.28. The predicted octanol–water partition coefficient (Wildman–Crippen LogP) is 1.10. The SMILES string of the molecule is Nc1cc(-c2ccc(S(=O)(=O)C3COC3)cc2)no1. The van der Waals surface area contributed by atoms with Gasteiger partial charge in [-0.25, -0.2) is 8.42 Å². The number of nitrogen functional groups attached to an aromatic ring is 1. The Morgan fingerprint density at radius 2 is 1.89 bits per heavy atom. The lowest BCUT2D eigenvalue weighted by molar-refractivity contribution is 0.0416. The quantitative estimate of drug-likeness (QED) is 0.904. The van der Waals surface area contributed by atoms with Crippen molar-refractivity contribution >= 4 is 15.7 Å². The summed E-state index contributed by atoms with van der Waals surface area (Å²) in [5.74, 6) is 0.221. The van der Waals surface area contributed by atoms with E-state index in [1.165, 1.54) is 0 Å². The molecule has 0 aliphatic carbocycles. The molecule has 1 aliphatic rings. The summed E-state index contributed by atoms with van der Waals surface area (Å²) in [5, 5.41) is 3.34. The molecule has 1 fully saturated rings. The van der Waals surface area contributed by atoms with Crippen LogP contribution >= 0.6 is 0 Å². The van der Waals surface area contributed by atoms with E-state index < -0.39 is 15.1 Å². The van der Waals surface area contributed by atoms with E-state index in [1.807, 2.05) is 0 Å². The Hall–Kier alpha value is -1.86. The third-order valence-electron chi connectivity index (χ3n) is 3.05. The van der Waals surface area contributed by atoms with Crippen molar-refractivity contribution in [2.24, 2.45) is 0 Å². The smallest absolute Gasteiger partial charge is 0.222 e. The Morgan fingerprint density at radius 1 is 1.21 bits per heavy atom. The van der Waals surface area contributed by atoms with Gasteiger partial charge < -0.3 is 15.0 Å². The first kappa shape index (κ1) is 12.2. The molecular formula is C12H12N2O4S. The highest BCUT2D eigenvalue weighted by Crippen LogP contribution is 2.25. The van der Waals surface area contributed by atoms with E-state index in [-0.39, 0.29) is 19.1 Å². The van der Waals surface area contributed by atoms with Gasteiger partial charge in [-0.15, -0.1) is 0 Å². The van der Waals surface area contributed by atoms with Crippen LogP contribution < -0.4 is 5.73 Å². The molecule has 7 heteroatoms. The summed E-state index contributed by atoms with van der Waals surface area (Å²) >= 11 is 0. The van der Waals surface area contributed by atoms with E-state index in [1.54, 1.807) is 30.3 Å². The second kappa shape index (κ2) is 4.36. The van der Waals surface area contributed by atoms with Crippen molar-refractivity contribution in [3.05, 3.63) is 30.3 Å². The number of ether oxygens (including phenoxy) is 1. The Labute approximate surface area is 110 Å². The van der Waals surface area contributed by atoms with Gasteiger partial charge in [-0.3, -0.25) is 0 Å². The van der Waals surface area contributed by atoms with Crippen LogP contribution in [-0.2, 0) is 14.6 Å². The molecule has 2 N–H and O–H groups in total. The van der Waals surface area contributed by atoms with Crippen LogP contribution in [0.1, 0.15) is 0 Å². The number of sulfone groups is 1. The predicted molar refractivity (Wildman–Crippen MR) is 68.1 cm³/mol. The minimum absolute atomic E-state index is 0.221. The normalized spacial score (nSPS) is 16.2. The Kier molecular flexibility index (Phi) is 2.79. The highest BCUT2D eigenvalue weighted by molar-refractivity contribution is 7.92. The van der Waals surface area contributed by atoms with Crippen molar-refractivity contribution in [3.8, 4) is 11.3 Å². The molecule has 3 rings (SSSR count). The third-order valence-corrected chi connectivity index (χ3v) is 5.13. The molecule has 2 aromatic rings. The molecule has 1 saturated heterocycles. The van der Waals surface area contributed by atoms with Gasteiger partial charge in [0.05, 0.1) is 18.1 Å². The molecule has 1 aliphatic heterocycles. The summed E-state index contributed by atoms with van der Waals surface area (Å²) in [6, 6.07) is 8.08. The summed E-state index contributed by atoms with van der Waals surface area (Å²) < 4.78 is 34.0. The zero-order chi connectivity index (χ0) is 13.5. The average molecular weight is 280 g/mol. The lowest BCUT2D eigenvalue weighted by Crippen LogP contribution is -2.40. The van der Waals surface area contributed by atoms with Crippen molar-refractivity contribution in [2.45, 2.75) is 10.1 Å². The maximum atomic E-state index is 12.1. The van der Waals surface area contributed by atoms with Crippen LogP contribution in [0.2, 0.25) is 0 Å². The van der Waals surface area contributed by atoms with E-state index in [4.69, 9.17) is 15.0 Å². The summed E-state index contributed by atoms with van der Waals surface area (Å²) in [6.07, 6.45) is 0. The highest BCUT2D eigenvalue weighted by Gasteiger charge is 2.33. The molecule has 100 valence electrons. The lowest BCUT2D eigenvalue weighted by Gasteiger charge is -2.25. The van der Waals surface area contributed by atoms with Crippen molar-refractivity contribution in [2.75, 3.05) is 18.9 Å². The van der Waals surface area contributed by atoms with E-state index in [2.05, 4.69) is 5.16 Å². The standard InChI is InChI=1S/C12H12N2O4S/c13-12-5-11(14-18-12)8-1-3-9(4-2-8)19(15,16)10-6-17-7-10/h1-5,10H,6-7,13H2. The zero-order valence-corrected chi connectivity index (χ0v) is 10.8. The van der Waals surface area contributed by atoms with Gasteiger partial charge in [-0.1, -0.05) is 17.3 Å². The lowest BCUT2D eigenvalue weighted by atomic mass is 10.1. The summed E-state index contributed by atoms with van der Waals surface area (Å²) in [6.45, 7) is 0.536. The van der Waals surface area contributed by atoms with Gasteiger partial charge in [0.15, 0.2) is 9.84 Å². The molecular weight excluding hydrogens is 268 g/mol. The summed E-state index contributed by atoms with van der Waals surface area (Å²) in [4.78, 5) is 0.293. The fourth-order valence-electron chi connectivity index (χ4n) is 1.83. The van der Waals surface area contributed by atoms with Crippen LogP contribution in [0.3, 0.4) is 0 Å². The molecule has 19 heavy (non-hydrogen) atoms. The highest BCUT2D eigenvalue weighted by atomic mass is 32.2. The van der Waals surface area contributed by atoms with Crippen molar-refractivity contribution in [3.63, 3.8) is 0 Å². The molecule has 0 bridgehead atoms. The number of nitrogens with two attached hydrogens (primary N) is 1. The Balaban J connectivity index is 1.90. The average Bonchev–Trinajstić information content (AvgIpc) is 2.73. The van der Waals surface area contributed by atoms with Crippen LogP contribution in [0.4, 0.5) is 5.88 Å². The van der Waals surface area contributed by atoms with Crippen LogP contribution in [-0.4, -0.2) is 32.0 Å². The molecule has 1 aromatic heterocycles. The molecule has 0 radical (unpaired) electrons. The summed E-state index contributed by atoms with van der Waals surface area (Å²) in [5.41, 5.74) is 6.77. The van der Waals surface area contributed by atoms with Crippen LogP contribution in [0.5, 0.6) is 0 Å². The number of anilines is 1. The van der Waals surface area contributed by atoms with Gasteiger partial charge >= 0.3 is 0 Å². The van der Waals surface area contributed by atoms with Gasteiger partial charge in [0.2, 0.25) is 5.88 Å². The minimum Gasteiger partial charge on any atom is -0.379 e. The van der Waals surface area contributed by atoms with E-state index in [0.29, 0.717) is 10.6 Å². The number of nitrogens with zero attached hydrogens (tertiary/aromatic N) is 1. The molecule has 0 atom stereocenters. The van der Waals surface area contributed by atoms with Gasteiger partial charge in [0, 0.05) is 11.6 Å². The Bertz CT molecular complexity index is 687. The number of hydrogen-bond acceptors (Lipinski definition) is 6. The zero-order valence-electron chi connectivity index (χ0n) is 9.94. The van der Waals surface area contributed by atoms with E-state index in [0.717, 1.165) is 5.56 Å². The fraction of sp³-hybridized carbons (Fsp3) is 0.250. The van der Waals surface area contributed by atoms with Crippen molar-refractivity contribution < 1.29 is 17.7 Å². The first-order valence-electron chi connectivity index (χ1n) is 5.71. The summed E-state index contributed by atoms with van der Waals surface area (Å²) in [7, 11) is -3.29. The number of hydrogen-bond donors (Lipinski definition) is 1. The molecule has 1 aromatic carbocycles. The van der Waals surface area contributed by atoms with Gasteiger partial charge in [0.25, 0.3) is 0 Å². The molecule has 6 nitrogen and oxygen atoms in total. The largest absolute Gasteiger partial charge is 0.379 e. The minimum atomic E-state index is -3.29. The molecule has 0 unspecified atom stereocenters. The van der Waals surface area contributed by atoms with Gasteiger partial charge in [-0.2, -0.15) is 0 Å². The van der Waals surface area contributed by atoms with Crippen LogP contribution in [0.15, 0.2) is 39.8 Å². The second-order valence-corrected chi connectivity index (χ2v) is 6.57. The maximum Gasteiger partial charge on any atom is 0.222 e. The van der Waals surface area contributed by atoms with E-state index in [9.17, 15) is 8.42 Å². The first-order chi connectivity index (χ1) is 9.07. The molecule has 0 amide bonds. The first-order valence-corrected chi connectivity index (χ1v) is 7.26. The third kappa shape index (κ3) is 2.11. The second-order valence-electron chi connectivity index (χ2n) is 4.34. The van der Waals surface area contributed by atoms with Crippen molar-refractivity contribution in [1.82, 2.24) is 5.16 Å². The van der Waals surface area contributed by atoms with Crippen LogP contribution in [0, 0.1) is 0 Å². The van der Waals surface area contributed by atoms with Gasteiger partial charge in [0.1, 0.15) is 10.9 Å². The monoisotopic (exact) mass is 280 g/mol. The maximum absolute atomic E-state index is 12.1.